The molecule has 0 aromatic carbocycles. The molecule has 1 rings (SSSR count). The van der Waals surface area contributed by atoms with Crippen LogP contribution in [0.15, 0.2) is 12.2 Å². The highest BCUT2D eigenvalue weighted by Gasteiger charge is 2.37. The molecule has 5 heteroatoms. The first-order valence-electron chi connectivity index (χ1n) is 6.49. The first-order chi connectivity index (χ1) is 8.90. The van der Waals surface area contributed by atoms with E-state index >= 15 is 0 Å². The summed E-state index contributed by atoms with van der Waals surface area (Å²) in [4.78, 5) is 34.3. The Kier molecular flexibility index (Phi) is 5.27. The van der Waals surface area contributed by atoms with Gasteiger partial charge in [-0.1, -0.05) is 13.5 Å². The van der Waals surface area contributed by atoms with Crippen LogP contribution in [0.4, 0.5) is 0 Å². The predicted molar refractivity (Wildman–Crippen MR) is 68.4 cm³/mol. The molecule has 106 valence electrons. The van der Waals surface area contributed by atoms with E-state index in [1.54, 1.807) is 0 Å². The lowest BCUT2D eigenvalue weighted by molar-refractivity contribution is -0.168. The predicted octanol–water partition coefficient (Wildman–Crippen LogP) is 1.94. The maximum atomic E-state index is 11.7. The highest BCUT2D eigenvalue weighted by Crippen LogP contribution is 2.35. The second-order valence-corrected chi connectivity index (χ2v) is 4.91. The molecule has 0 saturated heterocycles. The molecule has 1 saturated carbocycles. The maximum Gasteiger partial charge on any atom is 0.378 e. The lowest BCUT2D eigenvalue weighted by Crippen LogP contribution is -2.36. The Bertz CT molecular complexity index is 391. The third kappa shape index (κ3) is 4.19. The summed E-state index contributed by atoms with van der Waals surface area (Å²) in [5, 5.41) is 0. The van der Waals surface area contributed by atoms with Gasteiger partial charge in [0, 0.05) is 5.57 Å². The molecule has 0 aliphatic heterocycles. The van der Waals surface area contributed by atoms with Crippen LogP contribution in [0.5, 0.6) is 0 Å². The van der Waals surface area contributed by atoms with Crippen molar-refractivity contribution in [3.63, 3.8) is 0 Å². The Hall–Kier alpha value is -1.65. The summed E-state index contributed by atoms with van der Waals surface area (Å²) in [5.74, 6) is -2.44. The number of ketones is 1. The van der Waals surface area contributed by atoms with E-state index in [4.69, 9.17) is 4.74 Å². The van der Waals surface area contributed by atoms with Crippen LogP contribution >= 0.6 is 0 Å². The van der Waals surface area contributed by atoms with Crippen molar-refractivity contribution in [2.24, 2.45) is 0 Å². The van der Waals surface area contributed by atoms with Gasteiger partial charge in [-0.15, -0.1) is 0 Å². The van der Waals surface area contributed by atoms with Gasteiger partial charge in [0.15, 0.2) is 6.61 Å². The van der Waals surface area contributed by atoms with Crippen LogP contribution in [-0.2, 0) is 23.9 Å². The van der Waals surface area contributed by atoms with Crippen molar-refractivity contribution in [1.29, 1.82) is 0 Å². The standard InChI is InChI=1S/C14H20O5/c1-4-14(7-5-6-8-14)19-13(17)11(15)9-18-12(16)10(2)3/h2,4-9H2,1,3H3. The zero-order valence-electron chi connectivity index (χ0n) is 11.5. The second kappa shape index (κ2) is 6.50. The molecule has 1 aliphatic rings. The molecule has 1 aliphatic carbocycles. The highest BCUT2D eigenvalue weighted by atomic mass is 16.6. The average molecular weight is 268 g/mol. The Labute approximate surface area is 112 Å². The van der Waals surface area contributed by atoms with Crippen LogP contribution in [0.1, 0.15) is 46.0 Å². The fraction of sp³-hybridized carbons (Fsp3) is 0.643. The molecule has 0 N–H and O–H groups in total. The Morgan fingerprint density at radius 1 is 1.16 bits per heavy atom. The molecule has 0 spiro atoms. The van der Waals surface area contributed by atoms with Gasteiger partial charge < -0.3 is 9.47 Å². The van der Waals surface area contributed by atoms with Gasteiger partial charge in [-0.2, -0.15) is 0 Å². The normalized spacial score (nSPS) is 16.7. The summed E-state index contributed by atoms with van der Waals surface area (Å²) in [7, 11) is 0. The summed E-state index contributed by atoms with van der Waals surface area (Å²) < 4.78 is 9.93. The lowest BCUT2D eigenvalue weighted by atomic mass is 9.99. The summed E-state index contributed by atoms with van der Waals surface area (Å²) in [6.07, 6.45) is 4.26. The zero-order valence-corrected chi connectivity index (χ0v) is 11.5. The average Bonchev–Trinajstić information content (AvgIpc) is 2.84. The van der Waals surface area contributed by atoms with E-state index in [0.29, 0.717) is 6.42 Å². The van der Waals surface area contributed by atoms with Gasteiger partial charge in [0.25, 0.3) is 5.78 Å². The third-order valence-electron chi connectivity index (χ3n) is 3.38. The number of ether oxygens (including phenoxy) is 2. The molecule has 19 heavy (non-hydrogen) atoms. The Morgan fingerprint density at radius 2 is 1.74 bits per heavy atom. The lowest BCUT2D eigenvalue weighted by Gasteiger charge is -2.27. The number of rotatable bonds is 6. The van der Waals surface area contributed by atoms with Gasteiger partial charge in [-0.3, -0.25) is 4.79 Å². The van der Waals surface area contributed by atoms with E-state index in [-0.39, 0.29) is 5.57 Å². The molecule has 0 atom stereocenters. The topological polar surface area (TPSA) is 69.7 Å². The Balaban J connectivity index is 2.46. The van der Waals surface area contributed by atoms with Gasteiger partial charge in [-0.05, 0) is 39.0 Å². The minimum absolute atomic E-state index is 0.182. The van der Waals surface area contributed by atoms with Crippen molar-refractivity contribution in [2.45, 2.75) is 51.6 Å². The van der Waals surface area contributed by atoms with Gasteiger partial charge in [0.1, 0.15) is 5.60 Å². The van der Waals surface area contributed by atoms with Gasteiger partial charge >= 0.3 is 11.9 Å². The molecule has 0 bridgehead atoms. The van der Waals surface area contributed by atoms with Crippen LogP contribution < -0.4 is 0 Å². The van der Waals surface area contributed by atoms with Crippen molar-refractivity contribution >= 4 is 17.7 Å². The van der Waals surface area contributed by atoms with Crippen LogP contribution in [0, 0.1) is 0 Å². The molecule has 0 unspecified atom stereocenters. The molecule has 0 aromatic rings. The minimum atomic E-state index is -0.918. The molecule has 0 heterocycles. The number of hydrogen-bond donors (Lipinski definition) is 0. The summed E-state index contributed by atoms with van der Waals surface area (Å²) >= 11 is 0. The van der Waals surface area contributed by atoms with Crippen LogP contribution in [0.2, 0.25) is 0 Å². The number of carbonyl (C=O) groups excluding carboxylic acids is 3. The summed E-state index contributed by atoms with van der Waals surface area (Å²) in [6.45, 7) is 6.19. The molecule has 0 radical (unpaired) electrons. The van der Waals surface area contributed by atoms with Gasteiger partial charge in [0.2, 0.25) is 0 Å². The van der Waals surface area contributed by atoms with Gasteiger partial charge in [-0.25, -0.2) is 9.59 Å². The number of esters is 2. The molecule has 0 aromatic heterocycles. The van der Waals surface area contributed by atoms with Crippen molar-refractivity contribution in [3.8, 4) is 0 Å². The van der Waals surface area contributed by atoms with Crippen LogP contribution in [0.3, 0.4) is 0 Å². The summed E-state index contributed by atoms with van der Waals surface area (Å²) in [6, 6.07) is 0. The van der Waals surface area contributed by atoms with E-state index in [2.05, 4.69) is 11.3 Å². The monoisotopic (exact) mass is 268 g/mol. The molecule has 0 amide bonds. The Morgan fingerprint density at radius 3 is 2.21 bits per heavy atom. The fourth-order valence-corrected chi connectivity index (χ4v) is 2.11. The largest absolute Gasteiger partial charge is 0.454 e. The second-order valence-electron chi connectivity index (χ2n) is 4.91. The number of carbonyl (C=O) groups is 3. The van der Waals surface area contributed by atoms with E-state index in [1.807, 2.05) is 6.92 Å². The first-order valence-corrected chi connectivity index (χ1v) is 6.49. The highest BCUT2D eigenvalue weighted by molar-refractivity contribution is 6.34. The maximum absolute atomic E-state index is 11.7. The fourth-order valence-electron chi connectivity index (χ4n) is 2.11. The zero-order chi connectivity index (χ0) is 14.5. The van der Waals surface area contributed by atoms with Crippen molar-refractivity contribution in [2.75, 3.05) is 6.61 Å². The number of Topliss-reactive ketones (excluding diaryl/α,β-unsaturated/α-hetero) is 1. The minimum Gasteiger partial charge on any atom is -0.454 e. The molecule has 5 nitrogen and oxygen atoms in total. The third-order valence-corrected chi connectivity index (χ3v) is 3.38. The summed E-state index contributed by atoms with van der Waals surface area (Å²) in [5.41, 5.74) is -0.326. The SMILES string of the molecule is C=C(C)C(=O)OCC(=O)C(=O)OC1(CC)CCCC1. The first kappa shape index (κ1) is 15.4. The smallest absolute Gasteiger partial charge is 0.378 e. The van der Waals surface area contributed by atoms with Crippen LogP contribution in [-0.4, -0.2) is 29.9 Å². The van der Waals surface area contributed by atoms with Crippen LogP contribution in [0.25, 0.3) is 0 Å². The quantitative estimate of drug-likeness (QED) is 0.418. The van der Waals surface area contributed by atoms with E-state index < -0.39 is 29.9 Å². The van der Waals surface area contributed by atoms with Crippen molar-refractivity contribution in [3.05, 3.63) is 12.2 Å². The molecular formula is C14H20O5. The van der Waals surface area contributed by atoms with E-state index in [9.17, 15) is 14.4 Å². The molecular weight excluding hydrogens is 248 g/mol. The molecule has 1 fully saturated rings. The number of hydrogen-bond acceptors (Lipinski definition) is 5. The van der Waals surface area contributed by atoms with Gasteiger partial charge in [0.05, 0.1) is 0 Å². The van der Waals surface area contributed by atoms with E-state index in [1.165, 1.54) is 6.92 Å². The van der Waals surface area contributed by atoms with Crippen molar-refractivity contribution < 1.29 is 23.9 Å². The van der Waals surface area contributed by atoms with Crippen molar-refractivity contribution in [1.82, 2.24) is 0 Å². The van der Waals surface area contributed by atoms with E-state index in [0.717, 1.165) is 25.7 Å².